The standard InChI is InChI=1S/C34H38Cl2N4O/c1-38-18-16-26(17-19-38)37-32(41)23-40-31-13-6-5-10-27(31)28(34(40)25-8-3-2-4-9-25)22-39-20-14-24(15-21-39)33-29(35)11-7-12-30(33)36/h2-13,24,26H,14-23H2,1H3,(H,37,41). The molecule has 3 aromatic carbocycles. The van der Waals surface area contributed by atoms with Gasteiger partial charge in [0.1, 0.15) is 6.54 Å². The number of halogens is 2. The van der Waals surface area contributed by atoms with Crippen LogP contribution in [0.3, 0.4) is 0 Å². The molecule has 3 heterocycles. The van der Waals surface area contributed by atoms with Crippen molar-refractivity contribution in [3.05, 3.63) is 94.0 Å². The molecule has 0 atom stereocenters. The van der Waals surface area contributed by atoms with E-state index in [1.807, 2.05) is 24.3 Å². The Morgan fingerprint density at radius 1 is 0.829 bits per heavy atom. The fourth-order valence-electron chi connectivity index (χ4n) is 6.70. The second-order valence-corrected chi connectivity index (χ2v) is 12.4. The number of likely N-dealkylation sites (tertiary alicyclic amines) is 2. The van der Waals surface area contributed by atoms with E-state index in [-0.39, 0.29) is 11.9 Å². The van der Waals surface area contributed by atoms with Crippen molar-refractivity contribution in [3.8, 4) is 11.3 Å². The summed E-state index contributed by atoms with van der Waals surface area (Å²) in [5.41, 5.74) is 5.77. The van der Waals surface area contributed by atoms with E-state index < -0.39 is 0 Å². The number of benzene rings is 3. The number of fused-ring (bicyclic) bond motifs is 1. The normalized spacial score (nSPS) is 17.7. The minimum Gasteiger partial charge on any atom is -0.352 e. The third kappa shape index (κ3) is 6.19. The van der Waals surface area contributed by atoms with Crippen molar-refractivity contribution in [2.75, 3.05) is 33.2 Å². The van der Waals surface area contributed by atoms with Crippen LogP contribution < -0.4 is 5.32 Å². The van der Waals surface area contributed by atoms with Gasteiger partial charge in [-0.05, 0) is 99.7 Å². The minimum atomic E-state index is 0.0847. The predicted octanol–water partition coefficient (Wildman–Crippen LogP) is 7.21. The lowest BCUT2D eigenvalue weighted by atomic mass is 9.89. The van der Waals surface area contributed by atoms with Crippen molar-refractivity contribution < 1.29 is 4.79 Å². The van der Waals surface area contributed by atoms with E-state index in [1.165, 1.54) is 10.9 Å². The molecule has 6 rings (SSSR count). The molecule has 0 unspecified atom stereocenters. The number of carbonyl (C=O) groups excluding carboxylic acids is 1. The molecule has 4 aromatic rings. The van der Waals surface area contributed by atoms with Gasteiger partial charge in [-0.25, -0.2) is 0 Å². The van der Waals surface area contributed by atoms with E-state index in [2.05, 4.69) is 75.3 Å². The first-order valence-corrected chi connectivity index (χ1v) is 15.5. The molecule has 1 aromatic heterocycles. The fourth-order valence-corrected chi connectivity index (χ4v) is 7.41. The molecule has 0 saturated carbocycles. The molecule has 1 N–H and O–H groups in total. The largest absolute Gasteiger partial charge is 0.352 e. The Morgan fingerprint density at radius 3 is 2.20 bits per heavy atom. The second kappa shape index (κ2) is 12.6. The number of amides is 1. The first kappa shape index (κ1) is 28.3. The summed E-state index contributed by atoms with van der Waals surface area (Å²) in [7, 11) is 2.14. The van der Waals surface area contributed by atoms with Gasteiger partial charge in [-0.3, -0.25) is 9.69 Å². The molecule has 41 heavy (non-hydrogen) atoms. The maximum Gasteiger partial charge on any atom is 0.240 e. The van der Waals surface area contributed by atoms with Crippen LogP contribution in [0.25, 0.3) is 22.2 Å². The highest BCUT2D eigenvalue weighted by Gasteiger charge is 2.27. The first-order chi connectivity index (χ1) is 20.0. The van der Waals surface area contributed by atoms with Crippen LogP contribution in [-0.4, -0.2) is 59.5 Å². The van der Waals surface area contributed by atoms with Gasteiger partial charge < -0.3 is 14.8 Å². The molecule has 0 aliphatic carbocycles. The van der Waals surface area contributed by atoms with Crippen molar-refractivity contribution in [2.45, 2.75) is 50.7 Å². The summed E-state index contributed by atoms with van der Waals surface area (Å²) >= 11 is 13.1. The topological polar surface area (TPSA) is 40.5 Å². The average molecular weight is 590 g/mol. The monoisotopic (exact) mass is 588 g/mol. The molecule has 0 spiro atoms. The summed E-state index contributed by atoms with van der Waals surface area (Å²) in [6.45, 7) is 5.13. The van der Waals surface area contributed by atoms with Crippen LogP contribution in [-0.2, 0) is 17.9 Å². The molecule has 2 aliphatic rings. The summed E-state index contributed by atoms with van der Waals surface area (Å²) in [6.07, 6.45) is 4.03. The van der Waals surface area contributed by atoms with Gasteiger partial charge in [0.15, 0.2) is 0 Å². The molecule has 2 fully saturated rings. The van der Waals surface area contributed by atoms with Crippen molar-refractivity contribution in [2.24, 2.45) is 0 Å². The zero-order valence-electron chi connectivity index (χ0n) is 23.7. The number of rotatable bonds is 7. The van der Waals surface area contributed by atoms with E-state index >= 15 is 0 Å². The Balaban J connectivity index is 1.28. The van der Waals surface area contributed by atoms with Gasteiger partial charge in [-0.15, -0.1) is 0 Å². The molecule has 2 aliphatic heterocycles. The number of hydrogen-bond donors (Lipinski definition) is 1. The maximum absolute atomic E-state index is 13.4. The quantitative estimate of drug-likeness (QED) is 0.248. The summed E-state index contributed by atoms with van der Waals surface area (Å²) in [5.74, 6) is 0.451. The Labute approximate surface area is 253 Å². The number of piperidine rings is 2. The van der Waals surface area contributed by atoms with Gasteiger partial charge in [-0.2, -0.15) is 0 Å². The van der Waals surface area contributed by atoms with Crippen LogP contribution in [0.4, 0.5) is 0 Å². The lowest BCUT2D eigenvalue weighted by Crippen LogP contribution is -2.44. The Kier molecular flexibility index (Phi) is 8.68. The van der Waals surface area contributed by atoms with Crippen LogP contribution in [0.5, 0.6) is 0 Å². The average Bonchev–Trinajstić information content (AvgIpc) is 3.28. The van der Waals surface area contributed by atoms with Gasteiger partial charge >= 0.3 is 0 Å². The van der Waals surface area contributed by atoms with E-state index in [0.29, 0.717) is 12.5 Å². The summed E-state index contributed by atoms with van der Waals surface area (Å²) in [4.78, 5) is 18.3. The minimum absolute atomic E-state index is 0.0847. The Bertz CT molecular complexity index is 1480. The number of nitrogens with one attached hydrogen (secondary N) is 1. The third-order valence-electron chi connectivity index (χ3n) is 8.89. The molecule has 2 saturated heterocycles. The molecular formula is C34H38Cl2N4O. The summed E-state index contributed by atoms with van der Waals surface area (Å²) in [5, 5.41) is 6.09. The molecule has 0 bridgehead atoms. The number of hydrogen-bond acceptors (Lipinski definition) is 3. The molecule has 214 valence electrons. The van der Waals surface area contributed by atoms with E-state index in [0.717, 1.165) is 90.8 Å². The van der Waals surface area contributed by atoms with E-state index in [1.54, 1.807) is 0 Å². The van der Waals surface area contributed by atoms with Crippen molar-refractivity contribution in [1.82, 2.24) is 19.7 Å². The molecule has 1 amide bonds. The highest BCUT2D eigenvalue weighted by molar-refractivity contribution is 6.36. The van der Waals surface area contributed by atoms with Gasteiger partial charge in [0, 0.05) is 33.5 Å². The first-order valence-electron chi connectivity index (χ1n) is 14.8. The van der Waals surface area contributed by atoms with Crippen LogP contribution in [0.1, 0.15) is 42.7 Å². The highest BCUT2D eigenvalue weighted by Crippen LogP contribution is 2.39. The number of para-hydroxylation sites is 1. The van der Waals surface area contributed by atoms with E-state index in [9.17, 15) is 4.79 Å². The molecule has 0 radical (unpaired) electrons. The molecular weight excluding hydrogens is 551 g/mol. The van der Waals surface area contributed by atoms with Gasteiger partial charge in [0.05, 0.1) is 5.69 Å². The number of carbonyl (C=O) groups is 1. The van der Waals surface area contributed by atoms with Gasteiger partial charge in [0.2, 0.25) is 5.91 Å². The van der Waals surface area contributed by atoms with Crippen LogP contribution in [0.15, 0.2) is 72.8 Å². The van der Waals surface area contributed by atoms with Crippen LogP contribution in [0, 0.1) is 0 Å². The number of aromatic nitrogens is 1. The van der Waals surface area contributed by atoms with Gasteiger partial charge in [0.25, 0.3) is 0 Å². The fraction of sp³-hybridized carbons (Fsp3) is 0.382. The molecule has 5 nitrogen and oxygen atoms in total. The summed E-state index contributed by atoms with van der Waals surface area (Å²) in [6, 6.07) is 25.1. The Hall–Kier alpha value is -2.83. The Morgan fingerprint density at radius 2 is 1.49 bits per heavy atom. The maximum atomic E-state index is 13.4. The van der Waals surface area contributed by atoms with Crippen LogP contribution in [0.2, 0.25) is 10.0 Å². The van der Waals surface area contributed by atoms with Crippen molar-refractivity contribution >= 4 is 40.0 Å². The zero-order chi connectivity index (χ0) is 28.3. The number of nitrogens with zero attached hydrogens (tertiary/aromatic N) is 3. The highest BCUT2D eigenvalue weighted by atomic mass is 35.5. The van der Waals surface area contributed by atoms with Gasteiger partial charge in [-0.1, -0.05) is 77.8 Å². The van der Waals surface area contributed by atoms with Crippen LogP contribution >= 0.6 is 23.2 Å². The summed E-state index contributed by atoms with van der Waals surface area (Å²) < 4.78 is 2.24. The lowest BCUT2D eigenvalue weighted by molar-refractivity contribution is -0.122. The SMILES string of the molecule is CN1CCC(NC(=O)Cn2c(-c3ccccc3)c(CN3CCC(c4c(Cl)cccc4Cl)CC3)c3ccccc32)CC1. The van der Waals surface area contributed by atoms with Crippen molar-refractivity contribution in [1.29, 1.82) is 0 Å². The zero-order valence-corrected chi connectivity index (χ0v) is 25.2. The third-order valence-corrected chi connectivity index (χ3v) is 9.54. The smallest absolute Gasteiger partial charge is 0.240 e. The molecule has 7 heteroatoms. The lowest BCUT2D eigenvalue weighted by Gasteiger charge is -2.33. The van der Waals surface area contributed by atoms with E-state index in [4.69, 9.17) is 23.2 Å². The second-order valence-electron chi connectivity index (χ2n) is 11.6. The van der Waals surface area contributed by atoms with Crippen molar-refractivity contribution in [3.63, 3.8) is 0 Å². The predicted molar refractivity (Wildman–Crippen MR) is 170 cm³/mol.